The molecular weight excluding hydrogens is 248 g/mol. The molecule has 1 aromatic carbocycles. The van der Waals surface area contributed by atoms with E-state index in [2.05, 4.69) is 23.5 Å². The van der Waals surface area contributed by atoms with Gasteiger partial charge in [0.1, 0.15) is 0 Å². The maximum absolute atomic E-state index is 6.15. The zero-order valence-corrected chi connectivity index (χ0v) is 12.2. The first kappa shape index (κ1) is 14.2. The Bertz CT molecular complexity index is 596. The SMILES string of the molecule is C=C(C1=CN=C(C(C)=NC)C1C)N(N)c1ccccc1. The second-order valence-corrected chi connectivity index (χ2v) is 4.78. The minimum atomic E-state index is 0.154. The third kappa shape index (κ3) is 2.56. The van der Waals surface area contributed by atoms with E-state index in [0.717, 1.165) is 28.4 Å². The molecule has 1 atom stereocenters. The standard InChI is InChI=1S/C16H20N4/c1-11-15(10-19-16(11)12(2)18-4)13(3)20(17)14-8-6-5-7-9-14/h5-11H,3,17H2,1-2,4H3. The Hall–Kier alpha value is -2.20. The van der Waals surface area contributed by atoms with Gasteiger partial charge >= 0.3 is 0 Å². The molecule has 0 aliphatic carbocycles. The van der Waals surface area contributed by atoms with Gasteiger partial charge in [-0.25, -0.2) is 5.84 Å². The lowest BCUT2D eigenvalue weighted by Crippen LogP contribution is -2.32. The Labute approximate surface area is 120 Å². The highest BCUT2D eigenvalue weighted by Crippen LogP contribution is 2.29. The number of para-hydroxylation sites is 1. The molecule has 20 heavy (non-hydrogen) atoms. The van der Waals surface area contributed by atoms with Crippen molar-refractivity contribution in [3.8, 4) is 0 Å². The van der Waals surface area contributed by atoms with Crippen LogP contribution in [0.1, 0.15) is 13.8 Å². The highest BCUT2D eigenvalue weighted by Gasteiger charge is 2.26. The first-order chi connectivity index (χ1) is 9.56. The lowest BCUT2D eigenvalue weighted by Gasteiger charge is -2.24. The molecule has 2 N–H and O–H groups in total. The van der Waals surface area contributed by atoms with Gasteiger partial charge in [0.15, 0.2) is 0 Å². The van der Waals surface area contributed by atoms with Crippen LogP contribution in [0.2, 0.25) is 0 Å². The van der Waals surface area contributed by atoms with Crippen molar-refractivity contribution in [2.45, 2.75) is 13.8 Å². The molecule has 0 saturated heterocycles. The van der Waals surface area contributed by atoms with E-state index < -0.39 is 0 Å². The van der Waals surface area contributed by atoms with Crippen LogP contribution in [0.4, 0.5) is 5.69 Å². The summed E-state index contributed by atoms with van der Waals surface area (Å²) in [6.07, 6.45) is 1.83. The molecule has 0 spiro atoms. The lowest BCUT2D eigenvalue weighted by molar-refractivity contribution is 0.901. The van der Waals surface area contributed by atoms with Crippen molar-refractivity contribution in [1.29, 1.82) is 0 Å². The zero-order valence-electron chi connectivity index (χ0n) is 12.2. The quantitative estimate of drug-likeness (QED) is 0.518. The summed E-state index contributed by atoms with van der Waals surface area (Å²) < 4.78 is 0. The van der Waals surface area contributed by atoms with Crippen molar-refractivity contribution < 1.29 is 0 Å². The van der Waals surface area contributed by atoms with Gasteiger partial charge in [-0.15, -0.1) is 0 Å². The second-order valence-electron chi connectivity index (χ2n) is 4.78. The molecule has 0 amide bonds. The van der Waals surface area contributed by atoms with Crippen molar-refractivity contribution in [2.24, 2.45) is 21.7 Å². The molecule has 0 saturated carbocycles. The van der Waals surface area contributed by atoms with Crippen LogP contribution < -0.4 is 10.9 Å². The van der Waals surface area contributed by atoms with Crippen molar-refractivity contribution in [3.63, 3.8) is 0 Å². The molecule has 4 nitrogen and oxygen atoms in total. The molecule has 0 aromatic heterocycles. The van der Waals surface area contributed by atoms with Gasteiger partial charge in [0.2, 0.25) is 0 Å². The fourth-order valence-electron chi connectivity index (χ4n) is 2.24. The summed E-state index contributed by atoms with van der Waals surface area (Å²) in [5, 5.41) is 1.60. The van der Waals surface area contributed by atoms with Gasteiger partial charge < -0.3 is 0 Å². The molecule has 1 aliphatic heterocycles. The van der Waals surface area contributed by atoms with Gasteiger partial charge in [-0.3, -0.25) is 15.0 Å². The van der Waals surface area contributed by atoms with Gasteiger partial charge in [0.05, 0.1) is 22.8 Å². The number of nitrogens with two attached hydrogens (primary N) is 1. The zero-order chi connectivity index (χ0) is 14.7. The van der Waals surface area contributed by atoms with Crippen molar-refractivity contribution in [3.05, 3.63) is 54.4 Å². The molecular formula is C16H20N4. The van der Waals surface area contributed by atoms with Crippen LogP contribution in [0.5, 0.6) is 0 Å². The molecule has 2 rings (SSSR count). The fourth-order valence-corrected chi connectivity index (χ4v) is 2.24. The smallest absolute Gasteiger partial charge is 0.0684 e. The number of aliphatic imine (C=N–C) groups is 2. The minimum Gasteiger partial charge on any atom is -0.291 e. The lowest BCUT2D eigenvalue weighted by atomic mass is 9.94. The van der Waals surface area contributed by atoms with E-state index in [9.17, 15) is 0 Å². The van der Waals surface area contributed by atoms with Gasteiger partial charge in [0.25, 0.3) is 0 Å². The van der Waals surface area contributed by atoms with E-state index in [0.29, 0.717) is 0 Å². The number of nitrogens with zero attached hydrogens (tertiary/aromatic N) is 3. The largest absolute Gasteiger partial charge is 0.291 e. The first-order valence-electron chi connectivity index (χ1n) is 6.57. The number of anilines is 1. The van der Waals surface area contributed by atoms with Crippen LogP contribution in [0.15, 0.2) is 64.4 Å². The van der Waals surface area contributed by atoms with E-state index in [1.165, 1.54) is 0 Å². The van der Waals surface area contributed by atoms with E-state index in [1.807, 2.05) is 43.5 Å². The average Bonchev–Trinajstić information content (AvgIpc) is 2.87. The van der Waals surface area contributed by atoms with Crippen molar-refractivity contribution in [1.82, 2.24) is 0 Å². The predicted molar refractivity (Wildman–Crippen MR) is 86.0 cm³/mol. The van der Waals surface area contributed by atoms with Gasteiger partial charge in [-0.2, -0.15) is 0 Å². The van der Waals surface area contributed by atoms with Crippen LogP contribution in [0.25, 0.3) is 0 Å². The van der Waals surface area contributed by atoms with E-state index in [4.69, 9.17) is 5.84 Å². The molecule has 4 heteroatoms. The maximum Gasteiger partial charge on any atom is 0.0684 e. The summed E-state index contributed by atoms with van der Waals surface area (Å²) in [4.78, 5) is 8.64. The Kier molecular flexibility index (Phi) is 4.15. The third-order valence-electron chi connectivity index (χ3n) is 3.58. The molecule has 0 bridgehead atoms. The first-order valence-corrected chi connectivity index (χ1v) is 6.57. The van der Waals surface area contributed by atoms with Crippen LogP contribution in [-0.4, -0.2) is 18.5 Å². The fraction of sp³-hybridized carbons (Fsp3) is 0.250. The summed E-state index contributed by atoms with van der Waals surface area (Å²) >= 11 is 0. The van der Waals surface area contributed by atoms with E-state index >= 15 is 0 Å². The number of allylic oxidation sites excluding steroid dienone is 1. The number of hydrogen-bond donors (Lipinski definition) is 1. The number of hydrazine groups is 1. The van der Waals surface area contributed by atoms with Crippen molar-refractivity contribution >= 4 is 17.1 Å². The molecule has 104 valence electrons. The van der Waals surface area contributed by atoms with E-state index in [-0.39, 0.29) is 5.92 Å². The van der Waals surface area contributed by atoms with Crippen molar-refractivity contribution in [2.75, 3.05) is 12.1 Å². The Balaban J connectivity index is 2.17. The highest BCUT2D eigenvalue weighted by atomic mass is 15.4. The Morgan fingerprint density at radius 3 is 2.60 bits per heavy atom. The third-order valence-corrected chi connectivity index (χ3v) is 3.58. The van der Waals surface area contributed by atoms with Gasteiger partial charge in [-0.1, -0.05) is 31.7 Å². The number of rotatable bonds is 4. The predicted octanol–water partition coefficient (Wildman–Crippen LogP) is 2.95. The van der Waals surface area contributed by atoms with Crippen LogP contribution in [0.3, 0.4) is 0 Å². The normalized spacial score (nSPS) is 18.6. The van der Waals surface area contributed by atoms with Crippen LogP contribution in [-0.2, 0) is 0 Å². The minimum absolute atomic E-state index is 0.154. The summed E-state index contributed by atoms with van der Waals surface area (Å²) in [5.41, 5.74) is 4.60. The summed E-state index contributed by atoms with van der Waals surface area (Å²) in [5.74, 6) is 6.30. The molecule has 0 radical (unpaired) electrons. The molecule has 1 heterocycles. The van der Waals surface area contributed by atoms with Crippen LogP contribution in [0, 0.1) is 5.92 Å². The topological polar surface area (TPSA) is 54.0 Å². The summed E-state index contributed by atoms with van der Waals surface area (Å²) in [6.45, 7) is 8.16. The Morgan fingerprint density at radius 1 is 1.35 bits per heavy atom. The number of hydrogen-bond acceptors (Lipinski definition) is 4. The highest BCUT2D eigenvalue weighted by molar-refractivity contribution is 6.43. The second kappa shape index (κ2) is 5.84. The monoisotopic (exact) mass is 268 g/mol. The van der Waals surface area contributed by atoms with Gasteiger partial charge in [-0.05, 0) is 19.1 Å². The average molecular weight is 268 g/mol. The molecule has 1 aliphatic rings. The van der Waals surface area contributed by atoms with Gasteiger partial charge in [0, 0.05) is 24.7 Å². The van der Waals surface area contributed by atoms with Crippen LogP contribution >= 0.6 is 0 Å². The molecule has 1 aromatic rings. The summed E-state index contributed by atoms with van der Waals surface area (Å²) in [7, 11) is 1.77. The summed E-state index contributed by atoms with van der Waals surface area (Å²) in [6, 6.07) is 9.76. The maximum atomic E-state index is 6.15. The van der Waals surface area contributed by atoms with E-state index in [1.54, 1.807) is 12.1 Å². The Morgan fingerprint density at radius 2 is 2.00 bits per heavy atom. The number of benzene rings is 1. The molecule has 0 fully saturated rings. The molecule has 1 unspecified atom stereocenters.